The smallest absolute Gasteiger partial charge is 0.286 e. The summed E-state index contributed by atoms with van der Waals surface area (Å²) in [4.78, 5) is 3.38. The molecular weight excluding hydrogens is 484 g/mol. The lowest BCUT2D eigenvalue weighted by molar-refractivity contribution is -0.138. The molecule has 34 heavy (non-hydrogen) atoms. The van der Waals surface area contributed by atoms with Gasteiger partial charge in [0.05, 0.1) is 28.9 Å². The maximum Gasteiger partial charge on any atom is 0.416 e. The van der Waals surface area contributed by atoms with Crippen molar-refractivity contribution in [2.24, 2.45) is 0 Å². The average Bonchev–Trinajstić information content (AvgIpc) is 3.14. The van der Waals surface area contributed by atoms with Gasteiger partial charge in [-0.1, -0.05) is 24.3 Å². The van der Waals surface area contributed by atoms with E-state index in [1.165, 1.54) is 6.07 Å². The van der Waals surface area contributed by atoms with Crippen molar-refractivity contribution in [2.75, 3.05) is 13.2 Å². The molecule has 0 radical (unpaired) electrons. The Balaban J connectivity index is 1.46. The van der Waals surface area contributed by atoms with Crippen molar-refractivity contribution in [1.82, 2.24) is 14.5 Å². The van der Waals surface area contributed by atoms with Crippen LogP contribution in [0.3, 0.4) is 0 Å². The number of alkyl halides is 6. The number of nitrogens with one attached hydrogen (secondary N) is 1. The third-order valence-electron chi connectivity index (χ3n) is 6.21. The SMILES string of the molecule is O=S(=O)(N[C@H]1CC[C@H]2CCN(Cc3cccc(C(F)(F)F)c3)CN21)c1cccc(C(F)(F)F)c1. The van der Waals surface area contributed by atoms with Crippen molar-refractivity contribution >= 4 is 10.0 Å². The first kappa shape index (κ1) is 25.0. The highest BCUT2D eigenvalue weighted by Gasteiger charge is 2.40. The van der Waals surface area contributed by atoms with Gasteiger partial charge in [0.15, 0.2) is 0 Å². The van der Waals surface area contributed by atoms with Crippen molar-refractivity contribution in [3.8, 4) is 0 Å². The van der Waals surface area contributed by atoms with Crippen LogP contribution in [0.4, 0.5) is 26.3 Å². The van der Waals surface area contributed by atoms with Gasteiger partial charge in [0.1, 0.15) is 0 Å². The summed E-state index contributed by atoms with van der Waals surface area (Å²) in [6, 6.07) is 8.73. The second-order valence-electron chi connectivity index (χ2n) is 8.59. The lowest BCUT2D eigenvalue weighted by Crippen LogP contribution is -2.54. The van der Waals surface area contributed by atoms with Gasteiger partial charge in [-0.2, -0.15) is 31.1 Å². The van der Waals surface area contributed by atoms with Crippen LogP contribution in [0.5, 0.6) is 0 Å². The van der Waals surface area contributed by atoms with E-state index >= 15 is 0 Å². The predicted molar refractivity (Wildman–Crippen MR) is 112 cm³/mol. The fourth-order valence-electron chi connectivity index (χ4n) is 4.54. The average molecular weight is 508 g/mol. The zero-order valence-electron chi connectivity index (χ0n) is 17.9. The maximum absolute atomic E-state index is 13.0. The summed E-state index contributed by atoms with van der Waals surface area (Å²) in [6.45, 7) is 1.24. The van der Waals surface area contributed by atoms with Crippen LogP contribution in [0.2, 0.25) is 0 Å². The van der Waals surface area contributed by atoms with Gasteiger partial charge in [-0.25, -0.2) is 8.42 Å². The number of fused-ring (bicyclic) bond motifs is 1. The van der Waals surface area contributed by atoms with E-state index in [1.807, 2.05) is 9.80 Å². The molecule has 0 spiro atoms. The third-order valence-corrected chi connectivity index (χ3v) is 7.66. The molecule has 2 aliphatic rings. The molecule has 2 saturated heterocycles. The largest absolute Gasteiger partial charge is 0.416 e. The van der Waals surface area contributed by atoms with Crippen molar-refractivity contribution < 1.29 is 34.8 Å². The van der Waals surface area contributed by atoms with Crippen LogP contribution in [0.15, 0.2) is 53.4 Å². The molecule has 186 valence electrons. The number of halogens is 6. The molecule has 2 fully saturated rings. The monoisotopic (exact) mass is 507 g/mol. The first-order chi connectivity index (χ1) is 15.8. The summed E-state index contributed by atoms with van der Waals surface area (Å²) < 4.78 is 106. The molecule has 0 aromatic heterocycles. The van der Waals surface area contributed by atoms with Crippen LogP contribution >= 0.6 is 0 Å². The topological polar surface area (TPSA) is 52.7 Å². The Labute approximate surface area is 193 Å². The fraction of sp³-hybridized carbons (Fsp3) is 0.455. The summed E-state index contributed by atoms with van der Waals surface area (Å²) in [5.41, 5.74) is -1.29. The van der Waals surface area contributed by atoms with Crippen molar-refractivity contribution in [1.29, 1.82) is 0 Å². The second-order valence-corrected chi connectivity index (χ2v) is 10.3. The van der Waals surface area contributed by atoms with Crippen LogP contribution in [0.1, 0.15) is 36.0 Å². The van der Waals surface area contributed by atoms with Gasteiger partial charge in [0, 0.05) is 19.1 Å². The van der Waals surface area contributed by atoms with Crippen molar-refractivity contribution in [3.05, 3.63) is 65.2 Å². The van der Waals surface area contributed by atoms with E-state index in [4.69, 9.17) is 0 Å². The summed E-state index contributed by atoms with van der Waals surface area (Å²) in [5, 5.41) is 0. The minimum Gasteiger partial charge on any atom is -0.286 e. The molecule has 2 aromatic rings. The molecule has 4 rings (SSSR count). The number of hydrogen-bond donors (Lipinski definition) is 1. The molecule has 2 aliphatic heterocycles. The van der Waals surface area contributed by atoms with Crippen molar-refractivity contribution in [2.45, 2.75) is 55.3 Å². The third kappa shape index (κ3) is 5.56. The summed E-state index contributed by atoms with van der Waals surface area (Å²) in [5.74, 6) is 0. The minimum absolute atomic E-state index is 0.0898. The summed E-state index contributed by atoms with van der Waals surface area (Å²) in [6.07, 6.45) is -7.81. The van der Waals surface area contributed by atoms with E-state index < -0.39 is 44.6 Å². The normalized spacial score (nSPS) is 22.6. The van der Waals surface area contributed by atoms with Crippen LogP contribution in [-0.2, 0) is 28.9 Å². The molecule has 0 unspecified atom stereocenters. The Morgan fingerprint density at radius 2 is 1.53 bits per heavy atom. The van der Waals surface area contributed by atoms with Gasteiger partial charge in [0.2, 0.25) is 10.0 Å². The van der Waals surface area contributed by atoms with Gasteiger partial charge < -0.3 is 0 Å². The molecule has 2 heterocycles. The zero-order chi connectivity index (χ0) is 24.7. The van der Waals surface area contributed by atoms with E-state index in [-0.39, 0.29) is 12.6 Å². The van der Waals surface area contributed by atoms with Gasteiger partial charge in [-0.05, 0) is 49.1 Å². The molecular formula is C22H23F6N3O2S. The first-order valence-electron chi connectivity index (χ1n) is 10.7. The van der Waals surface area contributed by atoms with Crippen LogP contribution in [0, 0.1) is 0 Å². The molecule has 0 amide bonds. The highest BCUT2D eigenvalue weighted by molar-refractivity contribution is 7.89. The van der Waals surface area contributed by atoms with E-state index in [1.54, 1.807) is 6.07 Å². The van der Waals surface area contributed by atoms with Crippen molar-refractivity contribution in [3.63, 3.8) is 0 Å². The predicted octanol–water partition coefficient (Wildman–Crippen LogP) is 4.66. The minimum atomic E-state index is -4.67. The zero-order valence-corrected chi connectivity index (χ0v) is 18.7. The molecule has 5 nitrogen and oxygen atoms in total. The lowest BCUT2D eigenvalue weighted by Gasteiger charge is -2.40. The van der Waals surface area contributed by atoms with Gasteiger partial charge in [-0.15, -0.1) is 0 Å². The number of rotatable bonds is 5. The number of nitrogens with zero attached hydrogens (tertiary/aromatic N) is 2. The molecule has 1 N–H and O–H groups in total. The van der Waals surface area contributed by atoms with Crippen LogP contribution in [0.25, 0.3) is 0 Å². The quantitative estimate of drug-likeness (QED) is 0.599. The van der Waals surface area contributed by atoms with E-state index in [0.717, 1.165) is 30.3 Å². The standard InChI is InChI=1S/C22H23F6N3O2S/c23-21(24,25)16-4-1-3-15(11-16)13-30-10-9-18-7-8-20(31(18)14-30)29-34(32,33)19-6-2-5-17(12-19)22(26,27)28/h1-6,11-12,18,20,29H,7-10,13-14H2/t18-,20+/m0/s1. The molecule has 0 aliphatic carbocycles. The Kier molecular flexibility index (Phi) is 6.71. The van der Waals surface area contributed by atoms with E-state index in [0.29, 0.717) is 44.1 Å². The Morgan fingerprint density at radius 3 is 2.21 bits per heavy atom. The van der Waals surface area contributed by atoms with E-state index in [9.17, 15) is 34.8 Å². The van der Waals surface area contributed by atoms with Crippen LogP contribution < -0.4 is 4.72 Å². The van der Waals surface area contributed by atoms with Gasteiger partial charge >= 0.3 is 12.4 Å². The van der Waals surface area contributed by atoms with Gasteiger partial charge in [-0.3, -0.25) is 9.80 Å². The Hall–Kier alpha value is -2.15. The highest BCUT2D eigenvalue weighted by atomic mass is 32.2. The Bertz CT molecular complexity index is 1140. The molecule has 0 bridgehead atoms. The number of sulfonamides is 1. The molecule has 2 aromatic carbocycles. The first-order valence-corrected chi connectivity index (χ1v) is 12.1. The molecule has 12 heteroatoms. The molecule has 0 saturated carbocycles. The van der Waals surface area contributed by atoms with Crippen LogP contribution in [-0.4, -0.2) is 43.6 Å². The number of hydrogen-bond acceptors (Lipinski definition) is 4. The fourth-order valence-corrected chi connectivity index (χ4v) is 5.83. The van der Waals surface area contributed by atoms with Gasteiger partial charge in [0.25, 0.3) is 0 Å². The lowest BCUT2D eigenvalue weighted by atomic mass is 10.1. The Morgan fingerprint density at radius 1 is 0.882 bits per heavy atom. The summed E-state index contributed by atoms with van der Waals surface area (Å²) >= 11 is 0. The highest BCUT2D eigenvalue weighted by Crippen LogP contribution is 2.33. The summed E-state index contributed by atoms with van der Waals surface area (Å²) in [7, 11) is -4.21. The van der Waals surface area contributed by atoms with E-state index in [2.05, 4.69) is 4.72 Å². The molecule has 2 atom stereocenters. The second kappa shape index (κ2) is 9.14. The number of benzene rings is 2. The maximum atomic E-state index is 13.0.